The zero-order chi connectivity index (χ0) is 14.8. The molecule has 3 rings (SSSR count). The van der Waals surface area contributed by atoms with Gasteiger partial charge in [0.1, 0.15) is 0 Å². The highest BCUT2D eigenvalue weighted by molar-refractivity contribution is 5.87. The van der Waals surface area contributed by atoms with E-state index in [1.807, 2.05) is 0 Å². The molecule has 108 valence electrons. The van der Waals surface area contributed by atoms with Crippen molar-refractivity contribution in [2.45, 2.75) is 6.54 Å². The van der Waals surface area contributed by atoms with Crippen LogP contribution in [0.15, 0.2) is 48.8 Å². The molecule has 0 amide bonds. The van der Waals surface area contributed by atoms with Crippen LogP contribution in [0.3, 0.4) is 0 Å². The molecule has 0 unspecified atom stereocenters. The highest BCUT2D eigenvalue weighted by atomic mass is 16.5. The van der Waals surface area contributed by atoms with Gasteiger partial charge in [-0.2, -0.15) is 4.68 Å². The third-order valence-electron chi connectivity index (χ3n) is 2.78. The molecular weight excluding hydrogens is 280 g/mol. The highest BCUT2D eigenvalue weighted by Crippen LogP contribution is 2.17. The number of ether oxygens (including phenoxy) is 1. The maximum absolute atomic E-state index is 11.8. The summed E-state index contributed by atoms with van der Waals surface area (Å²) in [5.74, 6) is -0.873. The Morgan fingerprint density at radius 3 is 2.90 bits per heavy atom. The largest absolute Gasteiger partial charge is 0.463 e. The van der Waals surface area contributed by atoms with Gasteiger partial charge in [-0.3, -0.25) is 0 Å². The van der Waals surface area contributed by atoms with Crippen molar-refractivity contribution in [2.24, 2.45) is 0 Å². The van der Waals surface area contributed by atoms with Crippen LogP contribution in [0.4, 0.5) is 0 Å². The van der Waals surface area contributed by atoms with Gasteiger partial charge >= 0.3 is 11.7 Å². The molecule has 0 bridgehead atoms. The number of hydrogen-bond donors (Lipinski definition) is 0. The molecule has 8 heteroatoms. The van der Waals surface area contributed by atoms with Crippen LogP contribution in [0, 0.1) is 0 Å². The molecule has 21 heavy (non-hydrogen) atoms. The van der Waals surface area contributed by atoms with Crippen LogP contribution >= 0.6 is 0 Å². The quantitative estimate of drug-likeness (QED) is 0.671. The lowest BCUT2D eigenvalue weighted by atomic mass is 10.2. The van der Waals surface area contributed by atoms with Crippen molar-refractivity contribution in [1.29, 1.82) is 0 Å². The first kappa shape index (κ1) is 13.0. The van der Waals surface area contributed by atoms with E-state index in [-0.39, 0.29) is 18.2 Å². The van der Waals surface area contributed by atoms with Gasteiger partial charge in [0, 0.05) is 5.56 Å². The van der Waals surface area contributed by atoms with Gasteiger partial charge in [0.25, 0.3) is 5.89 Å². The molecule has 0 atom stereocenters. The second-order valence-electron chi connectivity index (χ2n) is 4.07. The molecule has 0 aliphatic heterocycles. The van der Waals surface area contributed by atoms with Gasteiger partial charge in [-0.15, -0.1) is 5.10 Å². The van der Waals surface area contributed by atoms with Crippen LogP contribution in [0.5, 0.6) is 0 Å². The van der Waals surface area contributed by atoms with Gasteiger partial charge in [-0.25, -0.2) is 9.59 Å². The van der Waals surface area contributed by atoms with Gasteiger partial charge < -0.3 is 18.0 Å². The predicted octanol–water partition coefficient (Wildman–Crippen LogP) is 1.52. The van der Waals surface area contributed by atoms with E-state index in [1.54, 1.807) is 18.2 Å². The minimum absolute atomic E-state index is 0.0178. The van der Waals surface area contributed by atoms with E-state index in [1.165, 1.54) is 19.6 Å². The van der Waals surface area contributed by atoms with E-state index < -0.39 is 11.7 Å². The monoisotopic (exact) mass is 290 g/mol. The van der Waals surface area contributed by atoms with Crippen molar-refractivity contribution >= 4 is 5.97 Å². The third-order valence-corrected chi connectivity index (χ3v) is 2.78. The summed E-state index contributed by atoms with van der Waals surface area (Å²) >= 11 is 0. The summed E-state index contributed by atoms with van der Waals surface area (Å²) in [5.41, 5.74) is 0.461. The Balaban J connectivity index is 1.91. The zero-order valence-electron chi connectivity index (χ0n) is 10.9. The van der Waals surface area contributed by atoms with Crippen molar-refractivity contribution < 1.29 is 22.8 Å². The number of carbonyl (C=O) groups excluding carboxylic acids is 1. The maximum Gasteiger partial charge on any atom is 0.437 e. The van der Waals surface area contributed by atoms with Gasteiger partial charge in [0.2, 0.25) is 5.76 Å². The van der Waals surface area contributed by atoms with E-state index in [2.05, 4.69) is 9.84 Å². The number of furan rings is 2. The summed E-state index contributed by atoms with van der Waals surface area (Å²) in [5, 5.41) is 4.00. The van der Waals surface area contributed by atoms with Crippen LogP contribution < -0.4 is 5.76 Å². The topological polar surface area (TPSA) is 101 Å². The predicted molar refractivity (Wildman–Crippen MR) is 67.6 cm³/mol. The average Bonchev–Trinajstić information content (AvgIpc) is 3.20. The van der Waals surface area contributed by atoms with Crippen LogP contribution in [-0.4, -0.2) is 22.9 Å². The normalized spacial score (nSPS) is 10.7. The zero-order valence-corrected chi connectivity index (χ0v) is 10.9. The van der Waals surface area contributed by atoms with Crippen molar-refractivity contribution in [3.8, 4) is 11.7 Å². The summed E-state index contributed by atoms with van der Waals surface area (Å²) in [6, 6.07) is 4.83. The SMILES string of the molecule is COC(=O)c1occc1Cn1nc(-c2ccco2)oc1=O. The average molecular weight is 290 g/mol. The Kier molecular flexibility index (Phi) is 3.19. The molecule has 0 spiro atoms. The number of aromatic nitrogens is 2. The lowest BCUT2D eigenvalue weighted by molar-refractivity contribution is 0.0563. The van der Waals surface area contributed by atoms with Crippen LogP contribution in [-0.2, 0) is 11.3 Å². The van der Waals surface area contributed by atoms with E-state index in [9.17, 15) is 9.59 Å². The fraction of sp³-hybridized carbons (Fsp3) is 0.154. The Bertz CT molecular complexity index is 808. The number of carbonyl (C=O) groups is 1. The van der Waals surface area contributed by atoms with E-state index >= 15 is 0 Å². The fourth-order valence-electron chi connectivity index (χ4n) is 1.80. The molecule has 3 heterocycles. The number of esters is 1. The molecule has 0 N–H and O–H groups in total. The minimum atomic E-state index is -0.668. The van der Waals surface area contributed by atoms with E-state index in [0.717, 1.165) is 4.68 Å². The molecule has 0 fully saturated rings. The molecule has 0 saturated heterocycles. The smallest absolute Gasteiger partial charge is 0.437 e. The number of methoxy groups -OCH3 is 1. The molecule has 0 aromatic carbocycles. The standard InChI is InChI=1S/C13H10N2O6/c1-18-12(16)10-8(4-6-20-10)7-15-13(17)21-11(14-15)9-3-2-5-19-9/h2-6H,7H2,1H3. The molecule has 0 saturated carbocycles. The lowest BCUT2D eigenvalue weighted by Crippen LogP contribution is -2.17. The minimum Gasteiger partial charge on any atom is -0.463 e. The maximum atomic E-state index is 11.8. The first-order chi connectivity index (χ1) is 10.2. The molecule has 0 aliphatic rings. The van der Waals surface area contributed by atoms with Crippen molar-refractivity contribution in [3.05, 3.63) is 52.6 Å². The van der Waals surface area contributed by atoms with Crippen molar-refractivity contribution in [1.82, 2.24) is 9.78 Å². The van der Waals surface area contributed by atoms with Gasteiger partial charge in [-0.1, -0.05) is 0 Å². The lowest BCUT2D eigenvalue weighted by Gasteiger charge is -1.99. The van der Waals surface area contributed by atoms with Crippen molar-refractivity contribution in [2.75, 3.05) is 7.11 Å². The number of hydrogen-bond acceptors (Lipinski definition) is 7. The summed E-state index contributed by atoms with van der Waals surface area (Å²) < 4.78 is 20.8. The second-order valence-corrected chi connectivity index (χ2v) is 4.07. The summed E-state index contributed by atoms with van der Waals surface area (Å²) in [6.07, 6.45) is 2.78. The molecule has 3 aromatic rings. The van der Waals surface area contributed by atoms with Crippen LogP contribution in [0.1, 0.15) is 16.1 Å². The first-order valence-electron chi connectivity index (χ1n) is 5.95. The van der Waals surface area contributed by atoms with E-state index in [0.29, 0.717) is 11.3 Å². The van der Waals surface area contributed by atoms with Crippen molar-refractivity contribution in [3.63, 3.8) is 0 Å². The summed E-state index contributed by atoms with van der Waals surface area (Å²) in [6.45, 7) is 0.0178. The van der Waals surface area contributed by atoms with Gasteiger partial charge in [0.15, 0.2) is 5.76 Å². The van der Waals surface area contributed by atoms with Gasteiger partial charge in [-0.05, 0) is 18.2 Å². The fourth-order valence-corrected chi connectivity index (χ4v) is 1.80. The summed E-state index contributed by atoms with van der Waals surface area (Å²) in [4.78, 5) is 23.3. The molecule has 8 nitrogen and oxygen atoms in total. The second kappa shape index (κ2) is 5.16. The highest BCUT2D eigenvalue weighted by Gasteiger charge is 2.19. The number of rotatable bonds is 4. The number of nitrogens with zero attached hydrogens (tertiary/aromatic N) is 2. The third kappa shape index (κ3) is 2.38. The molecule has 3 aromatic heterocycles. The van der Waals surface area contributed by atoms with Crippen LogP contribution in [0.25, 0.3) is 11.7 Å². The Morgan fingerprint density at radius 2 is 2.19 bits per heavy atom. The van der Waals surface area contributed by atoms with Crippen LogP contribution in [0.2, 0.25) is 0 Å². The Morgan fingerprint density at radius 1 is 1.33 bits per heavy atom. The molecule has 0 radical (unpaired) electrons. The Labute approximate surface area is 117 Å². The van der Waals surface area contributed by atoms with E-state index in [4.69, 9.17) is 13.3 Å². The van der Waals surface area contributed by atoms with Gasteiger partial charge in [0.05, 0.1) is 26.2 Å². The first-order valence-corrected chi connectivity index (χ1v) is 5.95. The summed E-state index contributed by atoms with van der Waals surface area (Å²) in [7, 11) is 1.24. The molecular formula is C13H10N2O6. The molecule has 0 aliphatic carbocycles. The Hall–Kier alpha value is -3.03.